The Bertz CT molecular complexity index is 1310. The fraction of sp³-hybridized carbons (Fsp3) is 0.296. The summed E-state index contributed by atoms with van der Waals surface area (Å²) in [5.74, 6) is 0.559. The van der Waals surface area contributed by atoms with Gasteiger partial charge < -0.3 is 15.0 Å². The van der Waals surface area contributed by atoms with Crippen molar-refractivity contribution in [3.63, 3.8) is 0 Å². The van der Waals surface area contributed by atoms with Crippen molar-refractivity contribution in [3.05, 3.63) is 77.5 Å². The van der Waals surface area contributed by atoms with Crippen molar-refractivity contribution in [3.8, 4) is 17.1 Å². The molecule has 0 bridgehead atoms. The number of pyridine rings is 1. The van der Waals surface area contributed by atoms with Crippen LogP contribution in [0.25, 0.3) is 22.3 Å². The molecule has 0 aliphatic rings. The molecular weight excluding hydrogens is 426 g/mol. The van der Waals surface area contributed by atoms with Gasteiger partial charge >= 0.3 is 0 Å². The Hall–Kier alpha value is -3.71. The van der Waals surface area contributed by atoms with Crippen LogP contribution in [0.1, 0.15) is 34.5 Å². The standard InChI is InChI=1S/C27H31N5O2/c1-18-10-11-20(34-15-14-31(3)4)16-22(18)27(33)29-19(2)23-17-25(26-12-13-28-32(26)5)30-24-9-7-6-8-21(23)24/h6-13,16-17,19H,14-15H2,1-5H3,(H,29,33)/t19-/m0/s1. The normalized spacial score (nSPS) is 12.2. The van der Waals surface area contributed by atoms with Crippen LogP contribution in [-0.2, 0) is 7.05 Å². The van der Waals surface area contributed by atoms with Gasteiger partial charge in [-0.3, -0.25) is 9.48 Å². The molecule has 7 heteroatoms. The SMILES string of the molecule is Cc1ccc(OCCN(C)C)cc1C(=O)N[C@@H](C)c1cc(-c2ccnn2C)nc2ccccc12. The molecule has 1 amide bonds. The summed E-state index contributed by atoms with van der Waals surface area (Å²) in [5.41, 5.74) is 5.14. The van der Waals surface area contributed by atoms with E-state index < -0.39 is 0 Å². The molecule has 4 aromatic rings. The number of para-hydroxylation sites is 1. The van der Waals surface area contributed by atoms with Crippen molar-refractivity contribution in [2.75, 3.05) is 27.2 Å². The summed E-state index contributed by atoms with van der Waals surface area (Å²) in [6, 6.07) is 17.4. The number of fused-ring (bicyclic) bond motifs is 1. The number of aryl methyl sites for hydroxylation is 2. The number of nitrogens with zero attached hydrogens (tertiary/aromatic N) is 4. The van der Waals surface area contributed by atoms with Crippen LogP contribution in [0, 0.1) is 6.92 Å². The van der Waals surface area contributed by atoms with E-state index in [-0.39, 0.29) is 11.9 Å². The highest BCUT2D eigenvalue weighted by atomic mass is 16.5. The summed E-state index contributed by atoms with van der Waals surface area (Å²) in [7, 11) is 5.90. The van der Waals surface area contributed by atoms with Crippen LogP contribution >= 0.6 is 0 Å². The van der Waals surface area contributed by atoms with E-state index in [1.54, 1.807) is 10.9 Å². The van der Waals surface area contributed by atoms with E-state index in [2.05, 4.69) is 15.3 Å². The van der Waals surface area contributed by atoms with E-state index in [0.717, 1.165) is 40.0 Å². The summed E-state index contributed by atoms with van der Waals surface area (Å²) >= 11 is 0. The first-order valence-corrected chi connectivity index (χ1v) is 11.4. The molecule has 176 valence electrons. The molecule has 0 radical (unpaired) electrons. The number of hydrogen-bond donors (Lipinski definition) is 1. The van der Waals surface area contributed by atoms with Gasteiger partial charge in [-0.25, -0.2) is 4.98 Å². The van der Waals surface area contributed by atoms with Gasteiger partial charge in [0.25, 0.3) is 5.91 Å². The second kappa shape index (κ2) is 10.1. The van der Waals surface area contributed by atoms with Gasteiger partial charge in [0.15, 0.2) is 0 Å². The van der Waals surface area contributed by atoms with E-state index in [9.17, 15) is 4.79 Å². The maximum absolute atomic E-state index is 13.3. The highest BCUT2D eigenvalue weighted by Gasteiger charge is 2.18. The van der Waals surface area contributed by atoms with E-state index in [1.165, 1.54) is 0 Å². The zero-order valence-electron chi connectivity index (χ0n) is 20.4. The van der Waals surface area contributed by atoms with Gasteiger partial charge in [0.2, 0.25) is 0 Å². The molecule has 0 fully saturated rings. The van der Waals surface area contributed by atoms with Crippen LogP contribution in [0.3, 0.4) is 0 Å². The van der Waals surface area contributed by atoms with Crippen molar-refractivity contribution in [2.45, 2.75) is 19.9 Å². The van der Waals surface area contributed by atoms with Crippen LogP contribution in [0.5, 0.6) is 5.75 Å². The van der Waals surface area contributed by atoms with Gasteiger partial charge in [-0.1, -0.05) is 24.3 Å². The zero-order chi connectivity index (χ0) is 24.2. The Kier molecular flexibility index (Phi) is 6.93. The monoisotopic (exact) mass is 457 g/mol. The highest BCUT2D eigenvalue weighted by Crippen LogP contribution is 2.29. The van der Waals surface area contributed by atoms with Gasteiger partial charge in [0, 0.05) is 30.7 Å². The van der Waals surface area contributed by atoms with Crippen LogP contribution in [-0.4, -0.2) is 52.8 Å². The Morgan fingerprint density at radius 2 is 1.94 bits per heavy atom. The molecule has 0 saturated carbocycles. The van der Waals surface area contributed by atoms with Crippen molar-refractivity contribution in [1.29, 1.82) is 0 Å². The van der Waals surface area contributed by atoms with E-state index in [4.69, 9.17) is 9.72 Å². The summed E-state index contributed by atoms with van der Waals surface area (Å²) in [6.07, 6.45) is 1.76. The van der Waals surface area contributed by atoms with Gasteiger partial charge in [0.1, 0.15) is 12.4 Å². The zero-order valence-corrected chi connectivity index (χ0v) is 20.4. The molecule has 2 aromatic carbocycles. The Morgan fingerprint density at radius 3 is 2.68 bits per heavy atom. The highest BCUT2D eigenvalue weighted by molar-refractivity contribution is 5.96. The van der Waals surface area contributed by atoms with Crippen molar-refractivity contribution in [1.82, 2.24) is 25.0 Å². The number of carbonyl (C=O) groups excluding carboxylic acids is 1. The lowest BCUT2D eigenvalue weighted by molar-refractivity contribution is 0.0939. The molecule has 0 unspecified atom stereocenters. The lowest BCUT2D eigenvalue weighted by Crippen LogP contribution is -2.27. The topological polar surface area (TPSA) is 72.3 Å². The first-order valence-electron chi connectivity index (χ1n) is 11.4. The largest absolute Gasteiger partial charge is 0.492 e. The molecule has 0 spiro atoms. The fourth-order valence-corrected chi connectivity index (χ4v) is 3.95. The number of ether oxygens (including phenoxy) is 1. The van der Waals surface area contributed by atoms with E-state index in [0.29, 0.717) is 17.9 Å². The molecule has 2 aromatic heterocycles. The second-order valence-corrected chi connectivity index (χ2v) is 8.78. The average Bonchev–Trinajstić information content (AvgIpc) is 3.24. The fourth-order valence-electron chi connectivity index (χ4n) is 3.95. The summed E-state index contributed by atoms with van der Waals surface area (Å²) in [5, 5.41) is 8.47. The first-order chi connectivity index (χ1) is 16.3. The van der Waals surface area contributed by atoms with E-state index >= 15 is 0 Å². The minimum Gasteiger partial charge on any atom is -0.492 e. The summed E-state index contributed by atoms with van der Waals surface area (Å²) in [6.45, 7) is 5.30. The molecule has 34 heavy (non-hydrogen) atoms. The molecule has 4 rings (SSSR count). The van der Waals surface area contributed by atoms with Gasteiger partial charge in [-0.2, -0.15) is 5.10 Å². The molecule has 7 nitrogen and oxygen atoms in total. The molecule has 1 atom stereocenters. The van der Waals surface area contributed by atoms with Crippen LogP contribution in [0.15, 0.2) is 60.8 Å². The Morgan fingerprint density at radius 1 is 1.15 bits per heavy atom. The summed E-state index contributed by atoms with van der Waals surface area (Å²) < 4.78 is 7.64. The molecule has 2 heterocycles. The minimum atomic E-state index is -0.231. The maximum Gasteiger partial charge on any atom is 0.252 e. The quantitative estimate of drug-likeness (QED) is 0.425. The predicted octanol–water partition coefficient (Wildman–Crippen LogP) is 4.38. The molecule has 0 saturated heterocycles. The number of likely N-dealkylation sites (N-methyl/N-ethyl adjacent to an activating group) is 1. The van der Waals surface area contributed by atoms with Crippen LogP contribution in [0.2, 0.25) is 0 Å². The predicted molar refractivity (Wildman–Crippen MR) is 135 cm³/mol. The lowest BCUT2D eigenvalue weighted by atomic mass is 10.00. The lowest BCUT2D eigenvalue weighted by Gasteiger charge is -2.19. The number of rotatable bonds is 8. The Labute approximate surface area is 200 Å². The smallest absolute Gasteiger partial charge is 0.252 e. The number of nitrogens with one attached hydrogen (secondary N) is 1. The Balaban J connectivity index is 1.61. The van der Waals surface area contributed by atoms with Gasteiger partial charge in [0.05, 0.1) is 22.9 Å². The third kappa shape index (κ3) is 5.10. The molecule has 1 N–H and O–H groups in total. The number of carbonyl (C=O) groups is 1. The molecule has 0 aliphatic carbocycles. The van der Waals surface area contributed by atoms with Crippen molar-refractivity contribution < 1.29 is 9.53 Å². The maximum atomic E-state index is 13.3. The van der Waals surface area contributed by atoms with Crippen molar-refractivity contribution in [2.24, 2.45) is 7.05 Å². The van der Waals surface area contributed by atoms with Crippen LogP contribution in [0.4, 0.5) is 0 Å². The number of amides is 1. The van der Waals surface area contributed by atoms with Crippen molar-refractivity contribution >= 4 is 16.8 Å². The average molecular weight is 458 g/mol. The number of benzene rings is 2. The molecular formula is C27H31N5O2. The third-order valence-electron chi connectivity index (χ3n) is 5.91. The number of aromatic nitrogens is 3. The first kappa shape index (κ1) is 23.4. The second-order valence-electron chi connectivity index (χ2n) is 8.78. The van der Waals surface area contributed by atoms with Gasteiger partial charge in [-0.15, -0.1) is 0 Å². The van der Waals surface area contributed by atoms with Gasteiger partial charge in [-0.05, 0) is 69.4 Å². The van der Waals surface area contributed by atoms with Crippen LogP contribution < -0.4 is 10.1 Å². The van der Waals surface area contributed by atoms with E-state index in [1.807, 2.05) is 89.6 Å². The molecule has 0 aliphatic heterocycles. The minimum absolute atomic E-state index is 0.133. The summed E-state index contributed by atoms with van der Waals surface area (Å²) in [4.78, 5) is 20.2. The number of hydrogen-bond acceptors (Lipinski definition) is 5. The third-order valence-corrected chi connectivity index (χ3v) is 5.91.